The number of alkyl halides is 1. The third-order valence-corrected chi connectivity index (χ3v) is 6.19. The van der Waals surface area contributed by atoms with Gasteiger partial charge >= 0.3 is 5.97 Å². The molecule has 1 aromatic carbocycles. The summed E-state index contributed by atoms with van der Waals surface area (Å²) in [5, 5.41) is 19.0. The number of nitrogens with zero attached hydrogens (tertiary/aromatic N) is 1. The zero-order valence-electron chi connectivity index (χ0n) is 16.4. The molecule has 4 nitrogen and oxygen atoms in total. The van der Waals surface area contributed by atoms with Gasteiger partial charge in [-0.05, 0) is 69.3 Å². The number of halogens is 1. The van der Waals surface area contributed by atoms with Gasteiger partial charge in [-0.2, -0.15) is 0 Å². The number of likely N-dealkylation sites (tertiary alicyclic amines) is 1. The van der Waals surface area contributed by atoms with Gasteiger partial charge in [-0.1, -0.05) is 38.3 Å². The molecule has 0 aromatic heterocycles. The Balaban J connectivity index is 1.73. The van der Waals surface area contributed by atoms with Gasteiger partial charge in [0.2, 0.25) is 0 Å². The van der Waals surface area contributed by atoms with E-state index in [0.717, 1.165) is 58.0 Å². The molecule has 2 unspecified atom stereocenters. The fourth-order valence-corrected chi connectivity index (χ4v) is 4.15. The van der Waals surface area contributed by atoms with Crippen LogP contribution in [0, 0.1) is 0 Å². The Morgan fingerprint density at radius 1 is 1.26 bits per heavy atom. The van der Waals surface area contributed by atoms with E-state index in [1.165, 1.54) is 18.4 Å². The second-order valence-electron chi connectivity index (χ2n) is 7.74. The predicted molar refractivity (Wildman–Crippen MR) is 111 cm³/mol. The van der Waals surface area contributed by atoms with E-state index in [4.69, 9.17) is 16.7 Å². The molecule has 1 heterocycles. The molecule has 27 heavy (non-hydrogen) atoms. The van der Waals surface area contributed by atoms with Crippen molar-refractivity contribution in [2.75, 3.05) is 13.1 Å². The van der Waals surface area contributed by atoms with Crippen molar-refractivity contribution < 1.29 is 15.0 Å². The van der Waals surface area contributed by atoms with Crippen LogP contribution in [0.1, 0.15) is 74.2 Å². The Bertz CT molecular complexity index is 563. The highest BCUT2D eigenvalue weighted by atomic mass is 35.5. The van der Waals surface area contributed by atoms with E-state index in [1.807, 2.05) is 12.1 Å². The first-order valence-electron chi connectivity index (χ1n) is 10.4. The van der Waals surface area contributed by atoms with Gasteiger partial charge in [-0.25, -0.2) is 4.79 Å². The van der Waals surface area contributed by atoms with Crippen LogP contribution in [-0.4, -0.2) is 51.7 Å². The molecule has 0 amide bonds. The normalized spacial score (nSPS) is 19.9. The summed E-state index contributed by atoms with van der Waals surface area (Å²) in [4.78, 5) is 13.4. The first kappa shape index (κ1) is 22.2. The Morgan fingerprint density at radius 2 is 2.00 bits per heavy atom. The van der Waals surface area contributed by atoms with Crippen LogP contribution in [0.25, 0.3) is 0 Å². The molecule has 1 aliphatic heterocycles. The number of unbranched alkanes of at least 4 members (excludes halogenated alkanes) is 2. The van der Waals surface area contributed by atoms with Crippen molar-refractivity contribution >= 4 is 17.6 Å². The van der Waals surface area contributed by atoms with Crippen molar-refractivity contribution in [1.29, 1.82) is 0 Å². The third kappa shape index (κ3) is 7.44. The van der Waals surface area contributed by atoms with E-state index < -0.39 is 12.1 Å². The molecule has 5 heteroatoms. The summed E-state index contributed by atoms with van der Waals surface area (Å²) in [5.74, 6) is -0.879. The van der Waals surface area contributed by atoms with Gasteiger partial charge in [-0.3, -0.25) is 0 Å². The lowest BCUT2D eigenvalue weighted by Gasteiger charge is -2.26. The number of aromatic carboxylic acids is 1. The molecule has 1 saturated heterocycles. The van der Waals surface area contributed by atoms with Crippen LogP contribution in [0.3, 0.4) is 0 Å². The SMILES string of the molecule is CCCCCC(O)[C@H](Cl)CCN1CCCC1CCc1ccc(C(=O)O)cc1. The van der Waals surface area contributed by atoms with Crippen LogP contribution in [0.4, 0.5) is 0 Å². The molecule has 0 spiro atoms. The Labute approximate surface area is 168 Å². The molecule has 0 radical (unpaired) electrons. The average molecular weight is 396 g/mol. The maximum atomic E-state index is 10.9. The molecule has 0 saturated carbocycles. The van der Waals surface area contributed by atoms with Gasteiger partial charge < -0.3 is 15.1 Å². The Kier molecular flexibility index (Phi) is 9.60. The monoisotopic (exact) mass is 395 g/mol. The zero-order valence-corrected chi connectivity index (χ0v) is 17.2. The largest absolute Gasteiger partial charge is 0.478 e. The minimum atomic E-state index is -0.879. The predicted octanol–water partition coefficient (Wildman–Crippen LogP) is 4.72. The molecule has 1 fully saturated rings. The lowest BCUT2D eigenvalue weighted by atomic mass is 10.0. The second-order valence-corrected chi connectivity index (χ2v) is 8.30. The van der Waals surface area contributed by atoms with Gasteiger partial charge in [0.25, 0.3) is 0 Å². The van der Waals surface area contributed by atoms with E-state index in [9.17, 15) is 9.90 Å². The van der Waals surface area contributed by atoms with E-state index in [-0.39, 0.29) is 5.38 Å². The van der Waals surface area contributed by atoms with Crippen molar-refractivity contribution in [2.24, 2.45) is 0 Å². The summed E-state index contributed by atoms with van der Waals surface area (Å²) in [7, 11) is 0. The first-order valence-corrected chi connectivity index (χ1v) is 10.8. The summed E-state index contributed by atoms with van der Waals surface area (Å²) in [6, 6.07) is 7.77. The number of carbonyl (C=O) groups is 1. The molecule has 0 bridgehead atoms. The number of aliphatic hydroxyl groups is 1. The molecule has 1 aromatic rings. The average Bonchev–Trinajstić information content (AvgIpc) is 3.12. The van der Waals surface area contributed by atoms with Crippen molar-refractivity contribution in [2.45, 2.75) is 82.2 Å². The fraction of sp³-hybridized carbons (Fsp3) is 0.682. The topological polar surface area (TPSA) is 60.8 Å². The van der Waals surface area contributed by atoms with Gasteiger partial charge in [-0.15, -0.1) is 11.6 Å². The van der Waals surface area contributed by atoms with Gasteiger partial charge in [0.05, 0.1) is 17.0 Å². The number of aryl methyl sites for hydroxylation is 1. The molecular formula is C22H34ClNO3. The van der Waals surface area contributed by atoms with Gasteiger partial charge in [0, 0.05) is 6.04 Å². The van der Waals surface area contributed by atoms with Crippen molar-refractivity contribution in [3.05, 3.63) is 35.4 Å². The molecule has 2 rings (SSSR count). The highest BCUT2D eigenvalue weighted by Gasteiger charge is 2.25. The van der Waals surface area contributed by atoms with Crippen LogP contribution in [0.2, 0.25) is 0 Å². The maximum Gasteiger partial charge on any atom is 0.335 e. The standard InChI is InChI=1S/C22H34ClNO3/c1-2-3-4-7-21(25)20(23)14-16-24-15-5-6-19(24)13-10-17-8-11-18(12-9-17)22(26)27/h8-9,11-12,19-21,25H,2-7,10,13-16H2,1H3,(H,26,27)/t19?,20-,21?/m1/s1. The van der Waals surface area contributed by atoms with Crippen LogP contribution >= 0.6 is 11.6 Å². The summed E-state index contributed by atoms with van der Waals surface area (Å²) in [6.45, 7) is 4.22. The number of carboxylic acid groups (broad SMARTS) is 1. The molecule has 152 valence electrons. The van der Waals surface area contributed by atoms with E-state index in [2.05, 4.69) is 11.8 Å². The summed E-state index contributed by atoms with van der Waals surface area (Å²) in [6.07, 6.45) is 9.07. The van der Waals surface area contributed by atoms with Crippen LogP contribution in [-0.2, 0) is 6.42 Å². The quantitative estimate of drug-likeness (QED) is 0.397. The fourth-order valence-electron chi connectivity index (χ4n) is 3.93. The van der Waals surface area contributed by atoms with Gasteiger partial charge in [0.15, 0.2) is 0 Å². The molecule has 2 N–H and O–H groups in total. The van der Waals surface area contributed by atoms with Crippen molar-refractivity contribution in [3.63, 3.8) is 0 Å². The Hall–Kier alpha value is -1.10. The number of carboxylic acids is 1. The summed E-state index contributed by atoms with van der Waals surface area (Å²) in [5.41, 5.74) is 1.53. The van der Waals surface area contributed by atoms with E-state index >= 15 is 0 Å². The molecule has 1 aliphatic rings. The van der Waals surface area contributed by atoms with E-state index in [0.29, 0.717) is 11.6 Å². The summed E-state index contributed by atoms with van der Waals surface area (Å²) >= 11 is 6.43. The van der Waals surface area contributed by atoms with Crippen LogP contribution in [0.15, 0.2) is 24.3 Å². The van der Waals surface area contributed by atoms with Crippen molar-refractivity contribution in [1.82, 2.24) is 4.90 Å². The van der Waals surface area contributed by atoms with Crippen LogP contribution in [0.5, 0.6) is 0 Å². The molecule has 3 atom stereocenters. The highest BCUT2D eigenvalue weighted by molar-refractivity contribution is 6.21. The minimum absolute atomic E-state index is 0.160. The second kappa shape index (κ2) is 11.7. The lowest BCUT2D eigenvalue weighted by Crippen LogP contribution is -2.34. The van der Waals surface area contributed by atoms with E-state index in [1.54, 1.807) is 12.1 Å². The number of benzene rings is 1. The van der Waals surface area contributed by atoms with Gasteiger partial charge in [0.1, 0.15) is 0 Å². The Morgan fingerprint density at radius 3 is 2.67 bits per heavy atom. The smallest absolute Gasteiger partial charge is 0.335 e. The minimum Gasteiger partial charge on any atom is -0.478 e. The van der Waals surface area contributed by atoms with Crippen molar-refractivity contribution in [3.8, 4) is 0 Å². The number of hydrogen-bond donors (Lipinski definition) is 2. The number of aliphatic hydroxyl groups excluding tert-OH is 1. The first-order chi connectivity index (χ1) is 13.0. The maximum absolute atomic E-state index is 10.9. The summed E-state index contributed by atoms with van der Waals surface area (Å²) < 4.78 is 0. The molecule has 0 aliphatic carbocycles. The number of rotatable bonds is 12. The third-order valence-electron chi connectivity index (χ3n) is 5.68. The molecular weight excluding hydrogens is 362 g/mol. The zero-order chi connectivity index (χ0) is 19.6. The highest BCUT2D eigenvalue weighted by Crippen LogP contribution is 2.24. The van der Waals surface area contributed by atoms with Crippen LogP contribution < -0.4 is 0 Å². The number of hydrogen-bond acceptors (Lipinski definition) is 3. The lowest BCUT2D eigenvalue weighted by molar-refractivity contribution is 0.0697.